The minimum absolute atomic E-state index is 0.182. The van der Waals surface area contributed by atoms with Gasteiger partial charge < -0.3 is 9.47 Å². The molecule has 1 saturated heterocycles. The Hall–Kier alpha value is -1.62. The normalized spacial score (nSPS) is 14.8. The van der Waals surface area contributed by atoms with Crippen molar-refractivity contribution in [3.8, 4) is 11.4 Å². The Kier molecular flexibility index (Phi) is 5.09. The van der Waals surface area contributed by atoms with Crippen LogP contribution >= 0.6 is 11.3 Å². The number of thiazole rings is 1. The number of likely N-dealkylation sites (tertiary alicyclic amines) is 1. The highest BCUT2D eigenvalue weighted by Gasteiger charge is 2.25. The molecule has 2 aromatic rings. The van der Waals surface area contributed by atoms with E-state index >= 15 is 0 Å². The second-order valence-electron chi connectivity index (χ2n) is 7.11. The van der Waals surface area contributed by atoms with Crippen LogP contribution in [0.15, 0.2) is 11.4 Å². The summed E-state index contributed by atoms with van der Waals surface area (Å²) in [5.74, 6) is 0.816. The number of aryl methyl sites for hydroxylation is 1. The zero-order valence-corrected chi connectivity index (χ0v) is 15.9. The first-order valence-electron chi connectivity index (χ1n) is 8.89. The SMILES string of the molecule is Cc1nc(-c2cc(C(=O)N3CCCC3)c(C)n2CCC(C)C)cs1. The molecular formula is C19H27N3OS. The zero-order chi connectivity index (χ0) is 17.3. The molecule has 24 heavy (non-hydrogen) atoms. The number of aromatic nitrogens is 2. The Labute approximate surface area is 148 Å². The van der Waals surface area contributed by atoms with Crippen LogP contribution in [0.1, 0.15) is 54.2 Å². The summed E-state index contributed by atoms with van der Waals surface area (Å²) in [5.41, 5.74) is 4.00. The summed E-state index contributed by atoms with van der Waals surface area (Å²) in [7, 11) is 0. The molecule has 130 valence electrons. The van der Waals surface area contributed by atoms with Crippen molar-refractivity contribution in [2.45, 2.75) is 53.5 Å². The molecule has 1 aliphatic heterocycles. The van der Waals surface area contributed by atoms with Crippen molar-refractivity contribution in [1.82, 2.24) is 14.5 Å². The van der Waals surface area contributed by atoms with Crippen molar-refractivity contribution in [3.63, 3.8) is 0 Å². The van der Waals surface area contributed by atoms with Crippen molar-refractivity contribution in [2.75, 3.05) is 13.1 Å². The summed E-state index contributed by atoms with van der Waals surface area (Å²) in [6.45, 7) is 11.3. The van der Waals surface area contributed by atoms with Gasteiger partial charge in [0.25, 0.3) is 5.91 Å². The van der Waals surface area contributed by atoms with Crippen LogP contribution in [-0.4, -0.2) is 33.4 Å². The lowest BCUT2D eigenvalue weighted by molar-refractivity contribution is 0.0792. The van der Waals surface area contributed by atoms with Gasteiger partial charge in [-0.3, -0.25) is 4.79 Å². The van der Waals surface area contributed by atoms with Gasteiger partial charge >= 0.3 is 0 Å². The van der Waals surface area contributed by atoms with Crippen LogP contribution in [0.2, 0.25) is 0 Å². The highest BCUT2D eigenvalue weighted by atomic mass is 32.1. The first-order chi connectivity index (χ1) is 11.5. The third-order valence-corrected chi connectivity index (χ3v) is 5.58. The van der Waals surface area contributed by atoms with Crippen molar-refractivity contribution in [3.05, 3.63) is 27.7 Å². The molecule has 0 aromatic carbocycles. The summed E-state index contributed by atoms with van der Waals surface area (Å²) < 4.78 is 2.29. The Morgan fingerprint density at radius 3 is 2.58 bits per heavy atom. The van der Waals surface area contributed by atoms with E-state index in [2.05, 4.69) is 41.8 Å². The molecule has 2 aromatic heterocycles. The van der Waals surface area contributed by atoms with Gasteiger partial charge in [-0.25, -0.2) is 4.98 Å². The van der Waals surface area contributed by atoms with Crippen LogP contribution in [0.3, 0.4) is 0 Å². The van der Waals surface area contributed by atoms with Crippen molar-refractivity contribution in [2.24, 2.45) is 5.92 Å². The first kappa shape index (κ1) is 17.2. The zero-order valence-electron chi connectivity index (χ0n) is 15.1. The van der Waals surface area contributed by atoms with Crippen molar-refractivity contribution >= 4 is 17.2 Å². The molecule has 4 nitrogen and oxygen atoms in total. The molecular weight excluding hydrogens is 318 g/mol. The number of hydrogen-bond donors (Lipinski definition) is 0. The van der Waals surface area contributed by atoms with E-state index in [0.717, 1.165) is 66.5 Å². The minimum Gasteiger partial charge on any atom is -0.343 e. The molecule has 0 saturated carbocycles. The lowest BCUT2D eigenvalue weighted by Gasteiger charge is -2.16. The molecule has 1 amide bonds. The highest BCUT2D eigenvalue weighted by Crippen LogP contribution is 2.29. The molecule has 0 atom stereocenters. The summed E-state index contributed by atoms with van der Waals surface area (Å²) in [6.07, 6.45) is 3.34. The average Bonchev–Trinajstić information content (AvgIpc) is 3.25. The topological polar surface area (TPSA) is 38.1 Å². The Balaban J connectivity index is 1.99. The third kappa shape index (κ3) is 3.41. The number of carbonyl (C=O) groups excluding carboxylic acids is 1. The van der Waals surface area contributed by atoms with E-state index in [9.17, 15) is 4.79 Å². The second kappa shape index (κ2) is 7.09. The number of hydrogen-bond acceptors (Lipinski definition) is 3. The maximum Gasteiger partial charge on any atom is 0.255 e. The monoisotopic (exact) mass is 345 g/mol. The molecule has 1 fully saturated rings. The second-order valence-corrected chi connectivity index (χ2v) is 8.18. The van der Waals surface area contributed by atoms with E-state index < -0.39 is 0 Å². The quantitative estimate of drug-likeness (QED) is 0.799. The van der Waals surface area contributed by atoms with Crippen LogP contribution in [0.25, 0.3) is 11.4 Å². The molecule has 0 N–H and O–H groups in total. The van der Waals surface area contributed by atoms with Crippen LogP contribution in [0, 0.1) is 19.8 Å². The summed E-state index contributed by atoms with van der Waals surface area (Å²) in [6, 6.07) is 2.06. The van der Waals surface area contributed by atoms with Gasteiger partial charge in [0.15, 0.2) is 0 Å². The highest BCUT2D eigenvalue weighted by molar-refractivity contribution is 7.09. The smallest absolute Gasteiger partial charge is 0.255 e. The van der Waals surface area contributed by atoms with E-state index in [1.54, 1.807) is 11.3 Å². The van der Waals surface area contributed by atoms with E-state index in [-0.39, 0.29) is 5.91 Å². The van der Waals surface area contributed by atoms with Gasteiger partial charge in [-0.15, -0.1) is 11.3 Å². The molecule has 0 radical (unpaired) electrons. The lowest BCUT2D eigenvalue weighted by atomic mass is 10.1. The van der Waals surface area contributed by atoms with Crippen molar-refractivity contribution in [1.29, 1.82) is 0 Å². The summed E-state index contributed by atoms with van der Waals surface area (Å²) in [4.78, 5) is 19.5. The standard InChI is InChI=1S/C19H27N3OS/c1-13(2)7-10-22-14(3)16(19(23)21-8-5-6-9-21)11-18(22)17-12-24-15(4)20-17/h11-13H,5-10H2,1-4H3. The Morgan fingerprint density at radius 2 is 2.00 bits per heavy atom. The molecule has 0 aliphatic carbocycles. The van der Waals surface area contributed by atoms with Gasteiger partial charge in [-0.05, 0) is 45.1 Å². The van der Waals surface area contributed by atoms with Crippen LogP contribution < -0.4 is 0 Å². The molecule has 1 aliphatic rings. The fraction of sp³-hybridized carbons (Fsp3) is 0.579. The van der Waals surface area contributed by atoms with Gasteiger partial charge in [-0.1, -0.05) is 13.8 Å². The number of amides is 1. The van der Waals surface area contributed by atoms with Crippen LogP contribution in [0.5, 0.6) is 0 Å². The van der Waals surface area contributed by atoms with Gasteiger partial charge in [-0.2, -0.15) is 0 Å². The molecule has 3 heterocycles. The summed E-state index contributed by atoms with van der Waals surface area (Å²) in [5, 5.41) is 3.16. The van der Waals surface area contributed by atoms with Gasteiger partial charge in [0.1, 0.15) is 0 Å². The lowest BCUT2D eigenvalue weighted by Crippen LogP contribution is -2.28. The van der Waals surface area contributed by atoms with E-state index in [0.29, 0.717) is 5.92 Å². The molecule has 0 bridgehead atoms. The van der Waals surface area contributed by atoms with Crippen molar-refractivity contribution < 1.29 is 4.79 Å². The molecule has 0 unspecified atom stereocenters. The van der Waals surface area contributed by atoms with Gasteiger partial charge in [0, 0.05) is 30.7 Å². The predicted octanol–water partition coefficient (Wildman–Crippen LogP) is 4.51. The molecule has 0 spiro atoms. The fourth-order valence-corrected chi connectivity index (χ4v) is 3.93. The van der Waals surface area contributed by atoms with Gasteiger partial charge in [0.05, 0.1) is 22.0 Å². The number of nitrogens with zero attached hydrogens (tertiary/aromatic N) is 3. The largest absolute Gasteiger partial charge is 0.343 e. The summed E-state index contributed by atoms with van der Waals surface area (Å²) >= 11 is 1.66. The van der Waals surface area contributed by atoms with Gasteiger partial charge in [0.2, 0.25) is 0 Å². The number of rotatable bonds is 5. The average molecular weight is 346 g/mol. The maximum atomic E-state index is 12.9. The third-order valence-electron chi connectivity index (χ3n) is 4.80. The predicted molar refractivity (Wildman–Crippen MR) is 99.6 cm³/mol. The molecule has 3 rings (SSSR count). The van der Waals surface area contributed by atoms with Crippen LogP contribution in [0.4, 0.5) is 0 Å². The van der Waals surface area contributed by atoms with Crippen LogP contribution in [-0.2, 0) is 6.54 Å². The van der Waals surface area contributed by atoms with E-state index in [1.165, 1.54) is 0 Å². The first-order valence-corrected chi connectivity index (χ1v) is 9.77. The maximum absolute atomic E-state index is 12.9. The number of carbonyl (C=O) groups is 1. The molecule has 5 heteroatoms. The van der Waals surface area contributed by atoms with E-state index in [4.69, 9.17) is 0 Å². The fourth-order valence-electron chi connectivity index (χ4n) is 3.32. The minimum atomic E-state index is 0.182. The Morgan fingerprint density at radius 1 is 1.29 bits per heavy atom. The Bertz CT molecular complexity index is 723. The van der Waals surface area contributed by atoms with E-state index in [1.807, 2.05) is 11.8 Å².